The largest absolute Gasteiger partial charge is 0.496 e. The van der Waals surface area contributed by atoms with E-state index in [0.717, 1.165) is 28.6 Å². The van der Waals surface area contributed by atoms with Crippen LogP contribution in [-0.4, -0.2) is 35.2 Å². The lowest BCUT2D eigenvalue weighted by Crippen LogP contribution is -2.48. The standard InChI is InChI=1S/C23H25F2N2O/c1-14-12-16-15-8-5-6-10-18(15)26-21(16)22(27(14)13-23(2,3)25)20-17(24)9-7-11-19(20)28-4/h5-10,14,22,26H,12-13H2,1-4H3/t14-,22-/m1/s1. The molecular weight excluding hydrogens is 358 g/mol. The van der Waals surface area contributed by atoms with Crippen molar-refractivity contribution >= 4 is 10.9 Å². The Balaban J connectivity index is 1.98. The summed E-state index contributed by atoms with van der Waals surface area (Å²) in [4.78, 5) is 5.51. The Labute approximate surface area is 164 Å². The first-order valence-electron chi connectivity index (χ1n) is 9.58. The van der Waals surface area contributed by atoms with Crippen LogP contribution in [0.25, 0.3) is 10.9 Å². The molecule has 1 N–H and O–H groups in total. The van der Waals surface area contributed by atoms with Crippen molar-refractivity contribution < 1.29 is 13.5 Å². The van der Waals surface area contributed by atoms with Gasteiger partial charge in [0.2, 0.25) is 0 Å². The molecule has 1 radical (unpaired) electrons. The third-order valence-corrected chi connectivity index (χ3v) is 5.50. The molecule has 2 atom stereocenters. The number of para-hydroxylation sites is 1. The zero-order valence-electron chi connectivity index (χ0n) is 16.6. The Morgan fingerprint density at radius 1 is 1.29 bits per heavy atom. The van der Waals surface area contributed by atoms with E-state index in [1.807, 2.05) is 23.1 Å². The minimum Gasteiger partial charge on any atom is -0.496 e. The summed E-state index contributed by atoms with van der Waals surface area (Å²) < 4.78 is 35.2. The van der Waals surface area contributed by atoms with Gasteiger partial charge in [-0.05, 0) is 51.0 Å². The van der Waals surface area contributed by atoms with Gasteiger partial charge in [0, 0.05) is 35.2 Å². The molecule has 1 aromatic heterocycles. The molecule has 1 aliphatic heterocycles. The molecule has 147 valence electrons. The summed E-state index contributed by atoms with van der Waals surface area (Å²) in [5.41, 5.74) is 2.05. The number of hydrogen-bond acceptors (Lipinski definition) is 2. The number of H-pyrrole nitrogens is 1. The predicted molar refractivity (Wildman–Crippen MR) is 107 cm³/mol. The molecule has 1 aliphatic rings. The van der Waals surface area contributed by atoms with Gasteiger partial charge in [0.15, 0.2) is 0 Å². The molecule has 0 unspecified atom stereocenters. The van der Waals surface area contributed by atoms with Crippen molar-refractivity contribution in [3.63, 3.8) is 0 Å². The minimum absolute atomic E-state index is 0.0380. The van der Waals surface area contributed by atoms with Crippen molar-refractivity contribution in [2.45, 2.75) is 44.9 Å². The van der Waals surface area contributed by atoms with E-state index in [-0.39, 0.29) is 18.4 Å². The smallest absolute Gasteiger partial charge is 0.134 e. The summed E-state index contributed by atoms with van der Waals surface area (Å²) >= 11 is 0. The molecule has 4 rings (SSSR count). The molecule has 0 saturated heterocycles. The number of aromatic amines is 1. The maximum absolute atomic E-state index is 15.1. The highest BCUT2D eigenvalue weighted by atomic mass is 19.1. The van der Waals surface area contributed by atoms with Crippen molar-refractivity contribution in [1.29, 1.82) is 0 Å². The summed E-state index contributed by atoms with van der Waals surface area (Å²) in [7, 11) is 1.51. The fourth-order valence-corrected chi connectivity index (χ4v) is 4.39. The second kappa shape index (κ2) is 6.89. The van der Waals surface area contributed by atoms with Gasteiger partial charge in [-0.2, -0.15) is 0 Å². The van der Waals surface area contributed by atoms with Crippen LogP contribution < -0.4 is 4.74 Å². The average molecular weight is 383 g/mol. The second-order valence-corrected chi connectivity index (χ2v) is 8.18. The Kier molecular flexibility index (Phi) is 4.66. The Morgan fingerprint density at radius 2 is 2.04 bits per heavy atom. The van der Waals surface area contributed by atoms with Gasteiger partial charge in [-0.25, -0.2) is 8.78 Å². The highest BCUT2D eigenvalue weighted by Gasteiger charge is 2.40. The van der Waals surface area contributed by atoms with Gasteiger partial charge in [-0.15, -0.1) is 0 Å². The molecule has 2 aromatic carbocycles. The van der Waals surface area contributed by atoms with Gasteiger partial charge in [-0.1, -0.05) is 18.2 Å². The molecule has 0 saturated carbocycles. The second-order valence-electron chi connectivity index (χ2n) is 8.18. The molecular formula is C23H25F2N2O. The van der Waals surface area contributed by atoms with Crippen LogP contribution >= 0.6 is 0 Å². The van der Waals surface area contributed by atoms with Crippen LogP contribution in [0.5, 0.6) is 5.75 Å². The van der Waals surface area contributed by atoms with Crippen LogP contribution in [0.15, 0.2) is 36.4 Å². The van der Waals surface area contributed by atoms with E-state index in [4.69, 9.17) is 4.74 Å². The van der Waals surface area contributed by atoms with Crippen LogP contribution in [0.2, 0.25) is 0 Å². The van der Waals surface area contributed by atoms with Crippen LogP contribution in [0, 0.1) is 11.9 Å². The van der Waals surface area contributed by atoms with Crippen molar-refractivity contribution in [3.8, 4) is 5.75 Å². The number of alkyl halides is 1. The topological polar surface area (TPSA) is 28.3 Å². The maximum Gasteiger partial charge on any atom is 0.134 e. The number of benzene rings is 2. The molecule has 3 nitrogen and oxygen atoms in total. The van der Waals surface area contributed by atoms with Gasteiger partial charge in [-0.3, -0.25) is 4.90 Å². The van der Waals surface area contributed by atoms with E-state index in [9.17, 15) is 4.39 Å². The number of halogens is 2. The number of aromatic nitrogens is 1. The summed E-state index contributed by atoms with van der Waals surface area (Å²) in [5, 5.41) is 1.13. The Morgan fingerprint density at radius 3 is 2.75 bits per heavy atom. The first kappa shape index (κ1) is 18.9. The zero-order chi connectivity index (χ0) is 20.1. The Bertz CT molecular complexity index is 1010. The average Bonchev–Trinajstić information content (AvgIpc) is 3.00. The fourth-order valence-electron chi connectivity index (χ4n) is 4.39. The number of fused-ring (bicyclic) bond motifs is 3. The molecule has 0 bridgehead atoms. The van der Waals surface area contributed by atoms with Crippen LogP contribution in [0.1, 0.15) is 43.6 Å². The number of nitrogens with zero attached hydrogens (tertiary/aromatic N) is 1. The molecule has 5 heteroatoms. The maximum atomic E-state index is 15.1. The summed E-state index contributed by atoms with van der Waals surface area (Å²) in [6, 6.07) is 13.5. The van der Waals surface area contributed by atoms with E-state index in [2.05, 4.69) is 24.0 Å². The van der Waals surface area contributed by atoms with E-state index in [1.165, 1.54) is 19.2 Å². The number of methoxy groups -OCH3 is 1. The highest BCUT2D eigenvalue weighted by molar-refractivity contribution is 5.85. The summed E-state index contributed by atoms with van der Waals surface area (Å²) in [6.07, 6.45) is 0.770. The number of nitrogens with one attached hydrogen (secondary N) is 1. The van der Waals surface area contributed by atoms with Gasteiger partial charge < -0.3 is 9.72 Å². The van der Waals surface area contributed by atoms with E-state index in [0.29, 0.717) is 11.3 Å². The van der Waals surface area contributed by atoms with E-state index < -0.39 is 11.7 Å². The summed E-state index contributed by atoms with van der Waals surface area (Å²) in [5.74, 6) is -0.0219. The van der Waals surface area contributed by atoms with Crippen LogP contribution in [0.3, 0.4) is 0 Å². The van der Waals surface area contributed by atoms with Crippen molar-refractivity contribution in [3.05, 3.63) is 65.1 Å². The van der Waals surface area contributed by atoms with E-state index in [1.54, 1.807) is 13.8 Å². The van der Waals surface area contributed by atoms with Gasteiger partial charge in [0.05, 0.1) is 18.7 Å². The lowest BCUT2D eigenvalue weighted by atomic mass is 9.87. The normalized spacial score (nSPS) is 20.4. The molecule has 2 heterocycles. The lowest BCUT2D eigenvalue weighted by Gasteiger charge is -2.43. The first-order chi connectivity index (χ1) is 13.3. The van der Waals surface area contributed by atoms with Crippen LogP contribution in [0.4, 0.5) is 8.78 Å². The first-order valence-corrected chi connectivity index (χ1v) is 9.58. The third kappa shape index (κ3) is 3.18. The van der Waals surface area contributed by atoms with Crippen molar-refractivity contribution in [2.24, 2.45) is 0 Å². The quantitative estimate of drug-likeness (QED) is 0.671. The van der Waals surface area contributed by atoms with Crippen molar-refractivity contribution in [1.82, 2.24) is 9.88 Å². The third-order valence-electron chi connectivity index (χ3n) is 5.50. The number of hydrogen-bond donors (Lipinski definition) is 1. The molecule has 0 spiro atoms. The number of rotatable bonds is 4. The zero-order valence-corrected chi connectivity index (χ0v) is 16.6. The van der Waals surface area contributed by atoms with Gasteiger partial charge in [0.25, 0.3) is 0 Å². The highest BCUT2D eigenvalue weighted by Crippen LogP contribution is 2.44. The molecule has 0 fully saturated rings. The Hall–Kier alpha value is -2.40. The van der Waals surface area contributed by atoms with Crippen LogP contribution in [-0.2, 0) is 6.42 Å². The summed E-state index contributed by atoms with van der Waals surface area (Å²) in [6.45, 7) is 5.37. The molecule has 0 aliphatic carbocycles. The minimum atomic E-state index is -1.42. The monoisotopic (exact) mass is 383 g/mol. The van der Waals surface area contributed by atoms with Crippen molar-refractivity contribution in [2.75, 3.05) is 13.7 Å². The van der Waals surface area contributed by atoms with Gasteiger partial charge >= 0.3 is 0 Å². The molecule has 3 aromatic rings. The predicted octanol–water partition coefficient (Wildman–Crippen LogP) is 5.20. The van der Waals surface area contributed by atoms with E-state index >= 15 is 4.39 Å². The SMILES string of the molecule is COc1[c]ccc(F)c1[C@@H]1c2[nH]c3ccccc3c2C[C@@H](C)N1CC(C)(C)F. The number of ether oxygens (including phenoxy) is 1. The van der Waals surface area contributed by atoms with Gasteiger partial charge in [0.1, 0.15) is 17.2 Å². The lowest BCUT2D eigenvalue weighted by molar-refractivity contribution is 0.0646. The molecule has 0 amide bonds. The molecule has 28 heavy (non-hydrogen) atoms. The fraction of sp³-hybridized carbons (Fsp3) is 0.391.